The van der Waals surface area contributed by atoms with E-state index in [-0.39, 0.29) is 12.4 Å². The lowest BCUT2D eigenvalue weighted by Gasteiger charge is -1.98. The fraction of sp³-hybridized carbons (Fsp3) is 0.200. The van der Waals surface area contributed by atoms with Gasteiger partial charge in [0, 0.05) is 17.1 Å². The molecule has 2 rings (SSSR count). The van der Waals surface area contributed by atoms with Crippen LogP contribution in [0.5, 0.6) is 0 Å². The minimum atomic E-state index is -0.930. The minimum absolute atomic E-state index is 0.0389. The molecule has 1 aromatic carbocycles. The van der Waals surface area contributed by atoms with Gasteiger partial charge in [-0.25, -0.2) is 0 Å². The second-order valence-corrected chi connectivity index (χ2v) is 3.65. The normalized spacial score (nSPS) is 12.7. The average molecular weight is 240 g/mol. The van der Waals surface area contributed by atoms with Crippen molar-refractivity contribution in [3.63, 3.8) is 0 Å². The molecule has 0 saturated heterocycles. The molecule has 16 heavy (non-hydrogen) atoms. The fourth-order valence-corrected chi connectivity index (χ4v) is 1.41. The highest BCUT2D eigenvalue weighted by Gasteiger charge is 2.15. The molecule has 0 aliphatic heterocycles. The Kier molecular flexibility index (Phi) is 3.19. The topological polar surface area (TPSA) is 85.2 Å². The smallest absolute Gasteiger partial charge is 0.257 e. The van der Waals surface area contributed by atoms with E-state index in [0.29, 0.717) is 10.8 Å². The number of aliphatic hydroxyl groups excluding tert-OH is 1. The number of rotatable bonds is 3. The molecule has 1 atom stereocenters. The van der Waals surface area contributed by atoms with Crippen LogP contribution in [0.3, 0.4) is 0 Å². The van der Waals surface area contributed by atoms with E-state index in [9.17, 15) is 5.11 Å². The third-order valence-electron chi connectivity index (χ3n) is 2.03. The molecule has 0 aliphatic carbocycles. The zero-order valence-electron chi connectivity index (χ0n) is 8.30. The van der Waals surface area contributed by atoms with Crippen LogP contribution in [-0.4, -0.2) is 21.8 Å². The lowest BCUT2D eigenvalue weighted by atomic mass is 10.2. The zero-order chi connectivity index (χ0) is 11.5. The summed E-state index contributed by atoms with van der Waals surface area (Å²) in [6.07, 6.45) is -0.930. The van der Waals surface area contributed by atoms with Gasteiger partial charge in [-0.1, -0.05) is 28.9 Å². The summed E-state index contributed by atoms with van der Waals surface area (Å²) in [6.45, 7) is 0.0389. The fourth-order valence-electron chi connectivity index (χ4n) is 1.22. The molecule has 5 nitrogen and oxygen atoms in total. The van der Waals surface area contributed by atoms with E-state index in [0.717, 1.165) is 5.56 Å². The average Bonchev–Trinajstić information content (AvgIpc) is 2.77. The second-order valence-electron chi connectivity index (χ2n) is 3.22. The van der Waals surface area contributed by atoms with Gasteiger partial charge in [-0.2, -0.15) is 4.98 Å². The van der Waals surface area contributed by atoms with E-state index >= 15 is 0 Å². The standard InChI is InChI=1S/C10H10ClN3O2/c11-7-3-1-2-6(4-7)9-13-10(16-14-9)8(15)5-12/h1-4,8,15H,5,12H2/t8-/m0/s1. The molecule has 0 amide bonds. The van der Waals surface area contributed by atoms with E-state index < -0.39 is 6.10 Å². The Morgan fingerprint density at radius 3 is 3.00 bits per heavy atom. The summed E-state index contributed by atoms with van der Waals surface area (Å²) in [7, 11) is 0. The molecule has 0 radical (unpaired) electrons. The Balaban J connectivity index is 2.31. The van der Waals surface area contributed by atoms with E-state index in [2.05, 4.69) is 10.1 Å². The highest BCUT2D eigenvalue weighted by atomic mass is 35.5. The summed E-state index contributed by atoms with van der Waals surface area (Å²) in [5.41, 5.74) is 6.01. The Morgan fingerprint density at radius 2 is 2.31 bits per heavy atom. The summed E-state index contributed by atoms with van der Waals surface area (Å²) in [5.74, 6) is 0.488. The molecule has 0 aliphatic rings. The van der Waals surface area contributed by atoms with Crippen molar-refractivity contribution < 1.29 is 9.63 Å². The first-order valence-corrected chi connectivity index (χ1v) is 5.06. The molecule has 1 aromatic heterocycles. The summed E-state index contributed by atoms with van der Waals surface area (Å²) < 4.78 is 4.88. The Hall–Kier alpha value is -1.43. The van der Waals surface area contributed by atoms with Gasteiger partial charge in [0.15, 0.2) is 0 Å². The third kappa shape index (κ3) is 2.21. The van der Waals surface area contributed by atoms with Crippen LogP contribution >= 0.6 is 11.6 Å². The predicted molar refractivity (Wildman–Crippen MR) is 58.8 cm³/mol. The molecule has 0 saturated carbocycles. The summed E-state index contributed by atoms with van der Waals surface area (Å²) in [4.78, 5) is 4.03. The van der Waals surface area contributed by atoms with Crippen molar-refractivity contribution in [1.29, 1.82) is 0 Å². The molecular formula is C10H10ClN3O2. The van der Waals surface area contributed by atoms with Crippen LogP contribution in [0.4, 0.5) is 0 Å². The highest BCUT2D eigenvalue weighted by molar-refractivity contribution is 6.30. The van der Waals surface area contributed by atoms with E-state index in [4.69, 9.17) is 21.9 Å². The van der Waals surface area contributed by atoms with Gasteiger partial charge in [0.1, 0.15) is 6.10 Å². The van der Waals surface area contributed by atoms with Gasteiger partial charge >= 0.3 is 0 Å². The third-order valence-corrected chi connectivity index (χ3v) is 2.27. The lowest BCUT2D eigenvalue weighted by molar-refractivity contribution is 0.141. The van der Waals surface area contributed by atoms with Gasteiger partial charge < -0.3 is 15.4 Å². The monoisotopic (exact) mass is 239 g/mol. The molecule has 1 heterocycles. The molecule has 2 aromatic rings. The number of halogens is 1. The van der Waals surface area contributed by atoms with Crippen LogP contribution in [0.15, 0.2) is 28.8 Å². The summed E-state index contributed by atoms with van der Waals surface area (Å²) >= 11 is 5.84. The van der Waals surface area contributed by atoms with Gasteiger partial charge in [-0.05, 0) is 12.1 Å². The van der Waals surface area contributed by atoms with Crippen molar-refractivity contribution in [2.45, 2.75) is 6.10 Å². The maximum absolute atomic E-state index is 9.40. The number of aliphatic hydroxyl groups is 1. The summed E-state index contributed by atoms with van der Waals surface area (Å²) in [6, 6.07) is 7.05. The lowest BCUT2D eigenvalue weighted by Crippen LogP contribution is -2.11. The first kappa shape index (κ1) is 11.1. The maximum atomic E-state index is 9.40. The van der Waals surface area contributed by atoms with Crippen LogP contribution in [0, 0.1) is 0 Å². The van der Waals surface area contributed by atoms with Crippen LogP contribution < -0.4 is 5.73 Å². The number of hydrogen-bond donors (Lipinski definition) is 2. The minimum Gasteiger partial charge on any atom is -0.382 e. The van der Waals surface area contributed by atoms with Crippen LogP contribution in [-0.2, 0) is 0 Å². The molecule has 84 valence electrons. The molecule has 3 N–H and O–H groups in total. The summed E-state index contributed by atoms with van der Waals surface area (Å²) in [5, 5.41) is 13.7. The van der Waals surface area contributed by atoms with E-state index in [1.165, 1.54) is 0 Å². The SMILES string of the molecule is NC[C@H](O)c1nc(-c2cccc(Cl)c2)no1. The van der Waals surface area contributed by atoms with Gasteiger partial charge in [0.2, 0.25) is 5.82 Å². The number of nitrogens with two attached hydrogens (primary N) is 1. The zero-order valence-corrected chi connectivity index (χ0v) is 9.05. The molecule has 0 unspecified atom stereocenters. The molecule has 0 bridgehead atoms. The van der Waals surface area contributed by atoms with Crippen LogP contribution in [0.2, 0.25) is 5.02 Å². The van der Waals surface area contributed by atoms with E-state index in [1.807, 2.05) is 0 Å². The van der Waals surface area contributed by atoms with E-state index in [1.54, 1.807) is 24.3 Å². The number of hydrogen-bond acceptors (Lipinski definition) is 5. The predicted octanol–water partition coefficient (Wildman–Crippen LogP) is 1.38. The van der Waals surface area contributed by atoms with Crippen molar-refractivity contribution in [1.82, 2.24) is 10.1 Å². The van der Waals surface area contributed by atoms with Crippen molar-refractivity contribution in [2.24, 2.45) is 5.73 Å². The number of benzene rings is 1. The van der Waals surface area contributed by atoms with Crippen molar-refractivity contribution in [2.75, 3.05) is 6.54 Å². The molecular weight excluding hydrogens is 230 g/mol. The second kappa shape index (κ2) is 4.61. The van der Waals surface area contributed by atoms with Crippen LogP contribution in [0.1, 0.15) is 12.0 Å². The molecule has 6 heteroatoms. The Bertz CT molecular complexity index is 486. The first-order chi connectivity index (χ1) is 7.70. The highest BCUT2D eigenvalue weighted by Crippen LogP contribution is 2.21. The maximum Gasteiger partial charge on any atom is 0.257 e. The van der Waals surface area contributed by atoms with Gasteiger partial charge in [0.05, 0.1) is 0 Å². The van der Waals surface area contributed by atoms with Crippen LogP contribution in [0.25, 0.3) is 11.4 Å². The van der Waals surface area contributed by atoms with Gasteiger partial charge in [0.25, 0.3) is 5.89 Å². The quantitative estimate of drug-likeness (QED) is 0.845. The molecule has 0 spiro atoms. The van der Waals surface area contributed by atoms with Gasteiger partial charge in [-0.3, -0.25) is 0 Å². The Labute approximate surface area is 96.8 Å². The largest absolute Gasteiger partial charge is 0.382 e. The van der Waals surface area contributed by atoms with Gasteiger partial charge in [-0.15, -0.1) is 0 Å². The van der Waals surface area contributed by atoms with Crippen molar-refractivity contribution >= 4 is 11.6 Å². The number of aromatic nitrogens is 2. The number of nitrogens with zero attached hydrogens (tertiary/aromatic N) is 2. The van der Waals surface area contributed by atoms with Crippen molar-refractivity contribution in [3.05, 3.63) is 35.2 Å². The van der Waals surface area contributed by atoms with Crippen molar-refractivity contribution in [3.8, 4) is 11.4 Å². The first-order valence-electron chi connectivity index (χ1n) is 4.68. The Morgan fingerprint density at radius 1 is 1.50 bits per heavy atom. The molecule has 0 fully saturated rings.